The predicted octanol–water partition coefficient (Wildman–Crippen LogP) is 2.00. The highest BCUT2D eigenvalue weighted by Gasteiger charge is 1.86. The molecule has 0 amide bonds. The molecule has 0 bridgehead atoms. The van der Waals surface area contributed by atoms with Crippen molar-refractivity contribution >= 4 is 0 Å². The van der Waals surface area contributed by atoms with Crippen molar-refractivity contribution in [1.82, 2.24) is 0 Å². The third-order valence-corrected chi connectivity index (χ3v) is 1.55. The second-order valence-electron chi connectivity index (χ2n) is 2.61. The van der Waals surface area contributed by atoms with Gasteiger partial charge in [-0.05, 0) is 18.6 Å². The first kappa shape index (κ1) is 9.81. The fraction of sp³-hybridized carbons (Fsp3) is 0.273. The number of benzene rings is 1. The van der Waals surface area contributed by atoms with Crippen LogP contribution < -0.4 is 4.74 Å². The molecule has 0 unspecified atom stereocenters. The average molecular weight is 178 g/mol. The Morgan fingerprint density at radius 2 is 1.92 bits per heavy atom. The van der Waals surface area contributed by atoms with E-state index < -0.39 is 0 Å². The van der Waals surface area contributed by atoms with E-state index >= 15 is 0 Å². The van der Waals surface area contributed by atoms with Crippen LogP contribution in [0.2, 0.25) is 0 Å². The quantitative estimate of drug-likeness (QED) is 0.699. The summed E-state index contributed by atoms with van der Waals surface area (Å²) in [5, 5.41) is 8.49. The normalized spacial score (nSPS) is 10.5. The van der Waals surface area contributed by atoms with Gasteiger partial charge in [-0.15, -0.1) is 0 Å². The number of ether oxygens (including phenoxy) is 1. The van der Waals surface area contributed by atoms with Gasteiger partial charge >= 0.3 is 0 Å². The van der Waals surface area contributed by atoms with E-state index in [-0.39, 0.29) is 6.61 Å². The van der Waals surface area contributed by atoms with Crippen molar-refractivity contribution in [2.75, 3.05) is 13.2 Å². The summed E-state index contributed by atoms with van der Waals surface area (Å²) in [4.78, 5) is 0. The van der Waals surface area contributed by atoms with Crippen LogP contribution in [-0.4, -0.2) is 18.3 Å². The first-order valence-electron chi connectivity index (χ1n) is 4.37. The monoisotopic (exact) mass is 178 g/mol. The number of hydrogen-bond donors (Lipinski definition) is 1. The molecule has 0 saturated heterocycles. The second kappa shape index (κ2) is 6.26. The maximum atomic E-state index is 8.49. The highest BCUT2D eigenvalue weighted by atomic mass is 16.5. The first-order chi connectivity index (χ1) is 6.43. The molecule has 0 aliphatic rings. The molecule has 1 aromatic carbocycles. The summed E-state index contributed by atoms with van der Waals surface area (Å²) in [6, 6.07) is 9.66. The molecule has 2 nitrogen and oxygen atoms in total. The minimum absolute atomic E-state index is 0.196. The van der Waals surface area contributed by atoms with E-state index in [2.05, 4.69) is 0 Å². The van der Waals surface area contributed by atoms with Crippen LogP contribution >= 0.6 is 0 Å². The van der Waals surface area contributed by atoms with Crippen LogP contribution in [-0.2, 0) is 0 Å². The highest BCUT2D eigenvalue weighted by molar-refractivity contribution is 5.21. The Labute approximate surface area is 78.5 Å². The summed E-state index contributed by atoms with van der Waals surface area (Å²) >= 11 is 0. The number of aliphatic hydroxyl groups is 1. The Kier molecular flexibility index (Phi) is 4.72. The summed E-state index contributed by atoms with van der Waals surface area (Å²) in [5.41, 5.74) is 0. The van der Waals surface area contributed by atoms with Gasteiger partial charge in [0.1, 0.15) is 12.4 Å². The zero-order valence-corrected chi connectivity index (χ0v) is 7.52. The topological polar surface area (TPSA) is 29.5 Å². The van der Waals surface area contributed by atoms with Crippen molar-refractivity contribution in [3.63, 3.8) is 0 Å². The standard InChI is InChI=1S/C11H14O2/c12-9-5-2-6-10-13-11-7-3-1-4-8-11/h1-4,6-8,12H,5,9-10H2/b6-2+. The minimum Gasteiger partial charge on any atom is -0.490 e. The SMILES string of the molecule is OCC/C=C/COc1ccccc1. The van der Waals surface area contributed by atoms with E-state index in [1.807, 2.05) is 42.5 Å². The average Bonchev–Trinajstić information content (AvgIpc) is 2.19. The van der Waals surface area contributed by atoms with Crippen LogP contribution in [0.15, 0.2) is 42.5 Å². The van der Waals surface area contributed by atoms with Crippen molar-refractivity contribution in [1.29, 1.82) is 0 Å². The third-order valence-electron chi connectivity index (χ3n) is 1.55. The van der Waals surface area contributed by atoms with Crippen molar-refractivity contribution < 1.29 is 9.84 Å². The fourth-order valence-corrected chi connectivity index (χ4v) is 0.921. The summed E-state index contributed by atoms with van der Waals surface area (Å²) in [6.45, 7) is 0.756. The molecule has 0 saturated carbocycles. The molecule has 0 spiro atoms. The number of rotatable bonds is 5. The van der Waals surface area contributed by atoms with Gasteiger partial charge in [0.2, 0.25) is 0 Å². The molecule has 0 radical (unpaired) electrons. The summed E-state index contributed by atoms with van der Waals surface area (Å²) in [7, 11) is 0. The lowest BCUT2D eigenvalue weighted by Crippen LogP contribution is -1.92. The van der Waals surface area contributed by atoms with Gasteiger partial charge in [0, 0.05) is 6.61 Å². The van der Waals surface area contributed by atoms with E-state index in [4.69, 9.17) is 9.84 Å². The van der Waals surface area contributed by atoms with Crippen LogP contribution in [0.25, 0.3) is 0 Å². The van der Waals surface area contributed by atoms with Crippen molar-refractivity contribution in [3.05, 3.63) is 42.5 Å². The smallest absolute Gasteiger partial charge is 0.119 e. The van der Waals surface area contributed by atoms with Crippen molar-refractivity contribution in [3.8, 4) is 5.75 Å². The molecule has 70 valence electrons. The van der Waals surface area contributed by atoms with Gasteiger partial charge in [0.05, 0.1) is 0 Å². The van der Waals surface area contributed by atoms with Crippen LogP contribution in [0.3, 0.4) is 0 Å². The van der Waals surface area contributed by atoms with Gasteiger partial charge in [-0.3, -0.25) is 0 Å². The van der Waals surface area contributed by atoms with Gasteiger partial charge in [-0.2, -0.15) is 0 Å². The molecule has 0 heterocycles. The van der Waals surface area contributed by atoms with Crippen molar-refractivity contribution in [2.45, 2.75) is 6.42 Å². The van der Waals surface area contributed by atoms with Gasteiger partial charge < -0.3 is 9.84 Å². The molecule has 0 aromatic heterocycles. The van der Waals surface area contributed by atoms with E-state index in [0.717, 1.165) is 5.75 Å². The molecule has 2 heteroatoms. The number of para-hydroxylation sites is 1. The zero-order valence-electron chi connectivity index (χ0n) is 7.52. The van der Waals surface area contributed by atoms with Gasteiger partial charge in [0.25, 0.3) is 0 Å². The van der Waals surface area contributed by atoms with E-state index in [1.165, 1.54) is 0 Å². The summed E-state index contributed by atoms with van der Waals surface area (Å²) in [5.74, 6) is 0.871. The molecule has 0 atom stereocenters. The maximum absolute atomic E-state index is 8.49. The first-order valence-corrected chi connectivity index (χ1v) is 4.37. The van der Waals surface area contributed by atoms with Crippen LogP contribution in [0.1, 0.15) is 6.42 Å². The van der Waals surface area contributed by atoms with Crippen LogP contribution in [0, 0.1) is 0 Å². The molecule has 1 aromatic rings. The Hall–Kier alpha value is -1.28. The van der Waals surface area contributed by atoms with Crippen LogP contribution in [0.5, 0.6) is 5.75 Å². The molecule has 13 heavy (non-hydrogen) atoms. The highest BCUT2D eigenvalue weighted by Crippen LogP contribution is 2.07. The zero-order chi connectivity index (χ0) is 9.36. The number of aliphatic hydroxyl groups excluding tert-OH is 1. The predicted molar refractivity (Wildman–Crippen MR) is 52.8 cm³/mol. The lowest BCUT2D eigenvalue weighted by atomic mass is 10.3. The van der Waals surface area contributed by atoms with E-state index in [9.17, 15) is 0 Å². The van der Waals surface area contributed by atoms with Crippen LogP contribution in [0.4, 0.5) is 0 Å². The second-order valence-corrected chi connectivity index (χ2v) is 2.61. The molecule has 0 aliphatic heterocycles. The molecular weight excluding hydrogens is 164 g/mol. The molecule has 0 fully saturated rings. The Bertz CT molecular complexity index is 242. The van der Waals surface area contributed by atoms with Crippen molar-refractivity contribution in [2.24, 2.45) is 0 Å². The number of hydrogen-bond acceptors (Lipinski definition) is 2. The maximum Gasteiger partial charge on any atom is 0.119 e. The molecule has 1 N–H and O–H groups in total. The molecular formula is C11H14O2. The Balaban J connectivity index is 2.20. The third kappa shape index (κ3) is 4.33. The van der Waals surface area contributed by atoms with Gasteiger partial charge in [-0.1, -0.05) is 30.4 Å². The largest absolute Gasteiger partial charge is 0.490 e. The fourth-order valence-electron chi connectivity index (χ4n) is 0.921. The summed E-state index contributed by atoms with van der Waals surface area (Å²) < 4.78 is 5.38. The van der Waals surface area contributed by atoms with Gasteiger partial charge in [-0.25, -0.2) is 0 Å². The van der Waals surface area contributed by atoms with E-state index in [0.29, 0.717) is 13.0 Å². The minimum atomic E-state index is 0.196. The lowest BCUT2D eigenvalue weighted by molar-refractivity contribution is 0.302. The molecule has 0 aliphatic carbocycles. The summed E-state index contributed by atoms with van der Waals surface area (Å²) in [6.07, 6.45) is 4.50. The van der Waals surface area contributed by atoms with Gasteiger partial charge in [0.15, 0.2) is 0 Å². The van der Waals surface area contributed by atoms with E-state index in [1.54, 1.807) is 0 Å². The molecule has 1 rings (SSSR count). The Morgan fingerprint density at radius 1 is 1.15 bits per heavy atom. The Morgan fingerprint density at radius 3 is 2.62 bits per heavy atom. The lowest BCUT2D eigenvalue weighted by Gasteiger charge is -2.00.